The summed E-state index contributed by atoms with van der Waals surface area (Å²) in [5.74, 6) is 7.69. The molecule has 0 saturated heterocycles. The first-order chi connectivity index (χ1) is 12.2. The van der Waals surface area contributed by atoms with Crippen LogP contribution < -0.4 is 20.9 Å². The van der Waals surface area contributed by atoms with Crippen LogP contribution in [0, 0.1) is 0 Å². The van der Waals surface area contributed by atoms with Crippen molar-refractivity contribution in [2.24, 2.45) is 0 Å². The summed E-state index contributed by atoms with van der Waals surface area (Å²) >= 11 is 0. The molecule has 0 radical (unpaired) electrons. The van der Waals surface area contributed by atoms with Gasteiger partial charge in [0.1, 0.15) is 5.82 Å². The second-order valence-corrected chi connectivity index (χ2v) is 5.54. The molecular formula is C18H16N4O3. The lowest BCUT2D eigenvalue weighted by Gasteiger charge is -2.13. The number of fused-ring (bicyclic) bond motifs is 3. The van der Waals surface area contributed by atoms with Crippen LogP contribution in [0.5, 0.6) is 11.5 Å². The fourth-order valence-corrected chi connectivity index (χ4v) is 3.00. The van der Waals surface area contributed by atoms with Gasteiger partial charge in [-0.05, 0) is 6.07 Å². The number of methoxy groups -OCH3 is 2. The maximum absolute atomic E-state index is 12.7. The fraction of sp³-hybridized carbons (Fsp3) is 0.111. The van der Waals surface area contributed by atoms with Gasteiger partial charge in [-0.2, -0.15) is 0 Å². The average molecular weight is 336 g/mol. The predicted octanol–water partition coefficient (Wildman–Crippen LogP) is 2.05. The van der Waals surface area contributed by atoms with E-state index in [1.54, 1.807) is 25.4 Å². The molecule has 126 valence electrons. The Morgan fingerprint density at radius 2 is 1.72 bits per heavy atom. The van der Waals surface area contributed by atoms with Gasteiger partial charge >= 0.3 is 0 Å². The summed E-state index contributed by atoms with van der Waals surface area (Å²) in [6.07, 6.45) is 1.58. The lowest BCUT2D eigenvalue weighted by molar-refractivity contribution is 0.355. The first-order valence-electron chi connectivity index (χ1n) is 7.64. The van der Waals surface area contributed by atoms with E-state index in [1.807, 2.05) is 34.7 Å². The Labute approximate surface area is 142 Å². The number of imidazole rings is 1. The third kappa shape index (κ3) is 2.13. The van der Waals surface area contributed by atoms with Gasteiger partial charge in [0.15, 0.2) is 17.1 Å². The Morgan fingerprint density at radius 1 is 1.04 bits per heavy atom. The van der Waals surface area contributed by atoms with Gasteiger partial charge in [0.2, 0.25) is 0 Å². The predicted molar refractivity (Wildman–Crippen MR) is 95.6 cm³/mol. The molecule has 0 atom stereocenters. The first-order valence-corrected chi connectivity index (χ1v) is 7.64. The molecule has 0 saturated carbocycles. The van der Waals surface area contributed by atoms with Gasteiger partial charge < -0.3 is 15.3 Å². The smallest absolute Gasteiger partial charge is 0.280 e. The molecule has 2 N–H and O–H groups in total. The third-order valence-electron chi connectivity index (χ3n) is 4.21. The molecule has 7 nitrogen and oxygen atoms in total. The van der Waals surface area contributed by atoms with Crippen LogP contribution in [0.15, 0.2) is 53.5 Å². The summed E-state index contributed by atoms with van der Waals surface area (Å²) in [6.45, 7) is 0. The molecule has 2 aromatic carbocycles. The summed E-state index contributed by atoms with van der Waals surface area (Å²) in [7, 11) is 3.08. The zero-order valence-corrected chi connectivity index (χ0v) is 13.8. The summed E-state index contributed by atoms with van der Waals surface area (Å²) in [5.41, 5.74) is 1.72. The van der Waals surface area contributed by atoms with Crippen LogP contribution in [0.3, 0.4) is 0 Å². The second-order valence-electron chi connectivity index (χ2n) is 5.54. The van der Waals surface area contributed by atoms with E-state index in [0.717, 1.165) is 10.2 Å². The van der Waals surface area contributed by atoms with E-state index in [1.165, 1.54) is 7.11 Å². The fourth-order valence-electron chi connectivity index (χ4n) is 3.00. The zero-order valence-electron chi connectivity index (χ0n) is 13.8. The Kier molecular flexibility index (Phi) is 3.35. The van der Waals surface area contributed by atoms with Crippen LogP contribution >= 0.6 is 0 Å². The third-order valence-corrected chi connectivity index (χ3v) is 4.21. The van der Waals surface area contributed by atoms with E-state index in [0.29, 0.717) is 33.9 Å². The number of hydrogen-bond donors (Lipinski definition) is 1. The van der Waals surface area contributed by atoms with Crippen molar-refractivity contribution in [3.05, 3.63) is 59.0 Å². The number of aromatic nitrogens is 3. The van der Waals surface area contributed by atoms with Crippen LogP contribution in [0.25, 0.3) is 27.9 Å². The molecule has 0 aliphatic heterocycles. The summed E-state index contributed by atoms with van der Waals surface area (Å²) < 4.78 is 13.6. The summed E-state index contributed by atoms with van der Waals surface area (Å²) in [4.78, 5) is 17.1. The molecule has 2 aromatic heterocycles. The number of nitrogens with two attached hydrogens (primary N) is 1. The largest absolute Gasteiger partial charge is 0.493 e. The highest BCUT2D eigenvalue weighted by Crippen LogP contribution is 2.32. The minimum atomic E-state index is -0.331. The van der Waals surface area contributed by atoms with Crippen molar-refractivity contribution in [2.45, 2.75) is 0 Å². The van der Waals surface area contributed by atoms with Crippen molar-refractivity contribution in [1.82, 2.24) is 14.1 Å². The molecular weight excluding hydrogens is 320 g/mol. The summed E-state index contributed by atoms with van der Waals surface area (Å²) in [6, 6.07) is 13.1. The Hall–Kier alpha value is -3.48. The lowest BCUT2D eigenvalue weighted by Crippen LogP contribution is -2.29. The van der Waals surface area contributed by atoms with Gasteiger partial charge in [-0.1, -0.05) is 30.3 Å². The maximum Gasteiger partial charge on any atom is 0.280 e. The molecule has 0 spiro atoms. The Balaban J connectivity index is 2.21. The van der Waals surface area contributed by atoms with Crippen molar-refractivity contribution in [2.75, 3.05) is 20.1 Å². The normalized spacial score (nSPS) is 11.1. The molecule has 0 aliphatic carbocycles. The molecule has 0 aliphatic rings. The highest BCUT2D eigenvalue weighted by Gasteiger charge is 2.17. The van der Waals surface area contributed by atoms with E-state index < -0.39 is 0 Å². The average Bonchev–Trinajstić information content (AvgIpc) is 3.11. The van der Waals surface area contributed by atoms with Crippen molar-refractivity contribution < 1.29 is 9.47 Å². The molecule has 4 aromatic rings. The SMILES string of the molecule is COc1cc2c(=O)n(N)c3cnc(-c4ccccc4)n3c2cc1OC. The van der Waals surface area contributed by atoms with Gasteiger partial charge in [0.25, 0.3) is 5.56 Å². The number of ether oxygens (including phenoxy) is 2. The van der Waals surface area contributed by atoms with Gasteiger partial charge in [-0.3, -0.25) is 9.20 Å². The highest BCUT2D eigenvalue weighted by molar-refractivity contribution is 5.86. The number of rotatable bonds is 3. The van der Waals surface area contributed by atoms with Crippen LogP contribution in [-0.4, -0.2) is 28.3 Å². The molecule has 0 fully saturated rings. The van der Waals surface area contributed by atoms with Gasteiger partial charge in [-0.25, -0.2) is 9.66 Å². The van der Waals surface area contributed by atoms with Gasteiger partial charge in [0, 0.05) is 11.6 Å². The minimum absolute atomic E-state index is 0.331. The van der Waals surface area contributed by atoms with E-state index in [9.17, 15) is 4.79 Å². The number of benzene rings is 2. The van der Waals surface area contributed by atoms with E-state index in [2.05, 4.69) is 4.98 Å². The number of nitrogens with zero attached hydrogens (tertiary/aromatic N) is 3. The van der Waals surface area contributed by atoms with Crippen molar-refractivity contribution in [3.63, 3.8) is 0 Å². The van der Waals surface area contributed by atoms with E-state index in [4.69, 9.17) is 15.3 Å². The molecule has 0 amide bonds. The number of nitrogen functional groups attached to an aromatic ring is 1. The molecule has 0 bridgehead atoms. The second kappa shape index (κ2) is 5.55. The van der Waals surface area contributed by atoms with E-state index in [-0.39, 0.29) is 5.56 Å². The molecule has 7 heteroatoms. The van der Waals surface area contributed by atoms with Crippen LogP contribution in [0.1, 0.15) is 0 Å². The highest BCUT2D eigenvalue weighted by atomic mass is 16.5. The van der Waals surface area contributed by atoms with Crippen LogP contribution in [0.2, 0.25) is 0 Å². The molecule has 25 heavy (non-hydrogen) atoms. The Morgan fingerprint density at radius 3 is 2.40 bits per heavy atom. The monoisotopic (exact) mass is 336 g/mol. The Bertz CT molecular complexity index is 1150. The van der Waals surface area contributed by atoms with Crippen LogP contribution in [-0.2, 0) is 0 Å². The van der Waals surface area contributed by atoms with E-state index >= 15 is 0 Å². The topological polar surface area (TPSA) is 83.8 Å². The van der Waals surface area contributed by atoms with Crippen molar-refractivity contribution in [1.29, 1.82) is 0 Å². The molecule has 0 unspecified atom stereocenters. The van der Waals surface area contributed by atoms with Gasteiger partial charge in [-0.15, -0.1) is 0 Å². The standard InChI is InChI=1S/C18H16N4O3/c1-24-14-8-12-13(9-15(14)25-2)21-16(22(19)18(12)23)10-20-17(21)11-6-4-3-5-7-11/h3-10H,19H2,1-2H3. The van der Waals surface area contributed by atoms with Crippen molar-refractivity contribution >= 4 is 16.6 Å². The molecule has 2 heterocycles. The number of hydrogen-bond acceptors (Lipinski definition) is 5. The van der Waals surface area contributed by atoms with Crippen LogP contribution in [0.4, 0.5) is 0 Å². The lowest BCUT2D eigenvalue weighted by atomic mass is 10.2. The first kappa shape index (κ1) is 15.1. The quantitative estimate of drug-likeness (QED) is 0.579. The summed E-state index contributed by atoms with van der Waals surface area (Å²) in [5, 5.41) is 0.419. The van der Waals surface area contributed by atoms with Gasteiger partial charge in [0.05, 0.1) is 31.3 Å². The zero-order chi connectivity index (χ0) is 17.6. The maximum atomic E-state index is 12.7. The minimum Gasteiger partial charge on any atom is -0.493 e. The van der Waals surface area contributed by atoms with Crippen molar-refractivity contribution in [3.8, 4) is 22.9 Å². The molecule has 4 rings (SSSR count).